The zero-order valence-electron chi connectivity index (χ0n) is 12.3. The van der Waals surface area contributed by atoms with Crippen LogP contribution in [0, 0.1) is 0 Å². The van der Waals surface area contributed by atoms with Gasteiger partial charge in [0, 0.05) is 18.6 Å². The molecule has 1 aromatic carbocycles. The van der Waals surface area contributed by atoms with Crippen LogP contribution in [0.15, 0.2) is 30.3 Å². The Morgan fingerprint density at radius 3 is 2.70 bits per heavy atom. The Labute approximate surface area is 122 Å². The summed E-state index contributed by atoms with van der Waals surface area (Å²) in [6.45, 7) is 5.41. The highest BCUT2D eigenvalue weighted by Crippen LogP contribution is 2.31. The van der Waals surface area contributed by atoms with Gasteiger partial charge in [-0.05, 0) is 44.5 Å². The van der Waals surface area contributed by atoms with Crippen molar-refractivity contribution in [2.75, 3.05) is 32.8 Å². The van der Waals surface area contributed by atoms with Gasteiger partial charge in [-0.1, -0.05) is 31.0 Å². The van der Waals surface area contributed by atoms with Crippen molar-refractivity contribution in [2.45, 2.75) is 37.6 Å². The van der Waals surface area contributed by atoms with Crippen LogP contribution in [0.25, 0.3) is 0 Å². The predicted molar refractivity (Wildman–Crippen MR) is 82.2 cm³/mol. The molecule has 1 aliphatic carbocycles. The summed E-state index contributed by atoms with van der Waals surface area (Å²) in [5, 5.41) is 3.81. The van der Waals surface area contributed by atoms with Gasteiger partial charge in [0.2, 0.25) is 0 Å². The van der Waals surface area contributed by atoms with Crippen LogP contribution < -0.4 is 10.1 Å². The molecule has 1 spiro atoms. The van der Waals surface area contributed by atoms with Crippen molar-refractivity contribution in [1.82, 2.24) is 10.2 Å². The molecule has 0 amide bonds. The smallest absolute Gasteiger partial charge is 0.119 e. The molecule has 3 heteroatoms. The average molecular weight is 274 g/mol. The fraction of sp³-hybridized carbons (Fsp3) is 0.647. The highest BCUT2D eigenvalue weighted by Gasteiger charge is 2.36. The van der Waals surface area contributed by atoms with Crippen LogP contribution in [0.1, 0.15) is 32.1 Å². The maximum absolute atomic E-state index is 5.84. The summed E-state index contributed by atoms with van der Waals surface area (Å²) < 4.78 is 5.84. The first-order valence-corrected chi connectivity index (χ1v) is 8.02. The summed E-state index contributed by atoms with van der Waals surface area (Å²) in [4.78, 5) is 2.59. The summed E-state index contributed by atoms with van der Waals surface area (Å²) in [7, 11) is 0. The lowest BCUT2D eigenvalue weighted by atomic mass is 9.97. The van der Waals surface area contributed by atoms with Gasteiger partial charge in [-0.2, -0.15) is 0 Å². The summed E-state index contributed by atoms with van der Waals surface area (Å²) >= 11 is 0. The van der Waals surface area contributed by atoms with E-state index in [4.69, 9.17) is 4.74 Å². The van der Waals surface area contributed by atoms with E-state index in [2.05, 4.69) is 10.2 Å². The minimum atomic E-state index is 0.406. The average Bonchev–Trinajstić information content (AvgIpc) is 2.83. The number of hydrogen-bond acceptors (Lipinski definition) is 3. The zero-order chi connectivity index (χ0) is 13.7. The Balaban J connectivity index is 1.49. The molecule has 2 fully saturated rings. The van der Waals surface area contributed by atoms with Crippen molar-refractivity contribution >= 4 is 0 Å². The Morgan fingerprint density at radius 2 is 1.90 bits per heavy atom. The van der Waals surface area contributed by atoms with E-state index in [1.165, 1.54) is 51.7 Å². The van der Waals surface area contributed by atoms with Crippen LogP contribution in [0.4, 0.5) is 0 Å². The first kappa shape index (κ1) is 13.9. The van der Waals surface area contributed by atoms with Gasteiger partial charge in [-0.3, -0.25) is 4.90 Å². The largest absolute Gasteiger partial charge is 0.492 e. The van der Waals surface area contributed by atoms with E-state index in [-0.39, 0.29) is 0 Å². The van der Waals surface area contributed by atoms with Crippen molar-refractivity contribution in [3.8, 4) is 5.75 Å². The predicted octanol–water partition coefficient (Wildman–Crippen LogP) is 2.67. The summed E-state index contributed by atoms with van der Waals surface area (Å²) in [5.41, 5.74) is 0.406. The topological polar surface area (TPSA) is 24.5 Å². The third-order valence-corrected chi connectivity index (χ3v) is 4.66. The number of ether oxygens (including phenoxy) is 1. The monoisotopic (exact) mass is 274 g/mol. The van der Waals surface area contributed by atoms with Crippen LogP contribution in [-0.2, 0) is 0 Å². The van der Waals surface area contributed by atoms with Crippen molar-refractivity contribution < 1.29 is 4.74 Å². The second-order valence-corrected chi connectivity index (χ2v) is 6.21. The minimum Gasteiger partial charge on any atom is -0.492 e. The second-order valence-electron chi connectivity index (χ2n) is 6.21. The van der Waals surface area contributed by atoms with Crippen molar-refractivity contribution in [3.05, 3.63) is 30.3 Å². The van der Waals surface area contributed by atoms with Crippen molar-refractivity contribution in [1.29, 1.82) is 0 Å². The molecular formula is C17H26N2O. The fourth-order valence-electron chi connectivity index (χ4n) is 3.61. The molecule has 110 valence electrons. The van der Waals surface area contributed by atoms with E-state index >= 15 is 0 Å². The van der Waals surface area contributed by atoms with Gasteiger partial charge in [-0.25, -0.2) is 0 Å². The molecule has 3 rings (SSSR count). The number of rotatable bonds is 4. The highest BCUT2D eigenvalue weighted by molar-refractivity contribution is 5.20. The maximum Gasteiger partial charge on any atom is 0.119 e. The van der Waals surface area contributed by atoms with Crippen LogP contribution >= 0.6 is 0 Å². The third-order valence-electron chi connectivity index (χ3n) is 4.66. The van der Waals surface area contributed by atoms with Gasteiger partial charge in [0.05, 0.1) is 0 Å². The minimum absolute atomic E-state index is 0.406. The van der Waals surface area contributed by atoms with Crippen molar-refractivity contribution in [3.63, 3.8) is 0 Å². The molecule has 0 aromatic heterocycles. The first-order chi connectivity index (χ1) is 9.86. The number of nitrogens with one attached hydrogen (secondary N) is 1. The van der Waals surface area contributed by atoms with Crippen molar-refractivity contribution in [2.24, 2.45) is 0 Å². The molecule has 0 bridgehead atoms. The number of benzene rings is 1. The molecule has 1 aromatic rings. The molecule has 1 aliphatic heterocycles. The lowest BCUT2D eigenvalue weighted by Crippen LogP contribution is -2.49. The lowest BCUT2D eigenvalue weighted by molar-refractivity contribution is 0.175. The third kappa shape index (κ3) is 3.53. The second kappa shape index (κ2) is 6.59. The van der Waals surface area contributed by atoms with Crippen LogP contribution in [-0.4, -0.2) is 43.2 Å². The zero-order valence-corrected chi connectivity index (χ0v) is 12.3. The van der Waals surface area contributed by atoms with E-state index in [1.807, 2.05) is 30.3 Å². The van der Waals surface area contributed by atoms with Gasteiger partial charge in [0.15, 0.2) is 0 Å². The van der Waals surface area contributed by atoms with E-state index in [1.54, 1.807) is 0 Å². The maximum atomic E-state index is 5.84. The van der Waals surface area contributed by atoms with Crippen LogP contribution in [0.3, 0.4) is 0 Å². The Hall–Kier alpha value is -1.06. The summed E-state index contributed by atoms with van der Waals surface area (Å²) in [6, 6.07) is 10.1. The Kier molecular flexibility index (Phi) is 4.58. The molecule has 0 unspecified atom stereocenters. The van der Waals surface area contributed by atoms with Gasteiger partial charge in [-0.15, -0.1) is 0 Å². The van der Waals surface area contributed by atoms with Crippen LogP contribution in [0.2, 0.25) is 0 Å². The van der Waals surface area contributed by atoms with E-state index < -0.39 is 0 Å². The fourth-order valence-corrected chi connectivity index (χ4v) is 3.61. The number of para-hydroxylation sites is 1. The molecule has 2 aliphatic rings. The molecule has 1 saturated heterocycles. The van der Waals surface area contributed by atoms with Gasteiger partial charge >= 0.3 is 0 Å². The highest BCUT2D eigenvalue weighted by atomic mass is 16.5. The van der Waals surface area contributed by atoms with Gasteiger partial charge < -0.3 is 10.1 Å². The van der Waals surface area contributed by atoms with Crippen LogP contribution in [0.5, 0.6) is 5.75 Å². The molecule has 1 heterocycles. The van der Waals surface area contributed by atoms with E-state index in [9.17, 15) is 0 Å². The molecule has 0 radical (unpaired) electrons. The molecular weight excluding hydrogens is 248 g/mol. The molecule has 3 nitrogen and oxygen atoms in total. The Morgan fingerprint density at radius 1 is 1.10 bits per heavy atom. The lowest BCUT2D eigenvalue weighted by Gasteiger charge is -2.33. The Bertz CT molecular complexity index is 401. The normalized spacial score (nSPS) is 22.8. The molecule has 1 N–H and O–H groups in total. The quantitative estimate of drug-likeness (QED) is 0.913. The van der Waals surface area contributed by atoms with Gasteiger partial charge in [0.25, 0.3) is 0 Å². The molecule has 0 atom stereocenters. The van der Waals surface area contributed by atoms with E-state index in [0.717, 1.165) is 18.9 Å². The summed E-state index contributed by atoms with van der Waals surface area (Å²) in [5.74, 6) is 0.982. The molecule has 20 heavy (non-hydrogen) atoms. The summed E-state index contributed by atoms with van der Waals surface area (Å²) in [6.07, 6.45) is 6.74. The standard InChI is InChI=1S/C17H26N2O/c1-2-7-16(8-3-1)20-14-13-19-12-6-11-18-17(15-19)9-4-5-10-17/h1-3,7-8,18H,4-6,9-15H2. The first-order valence-electron chi connectivity index (χ1n) is 8.02. The number of nitrogens with zero attached hydrogens (tertiary/aromatic N) is 1. The SMILES string of the molecule is c1ccc(OCCN2CCCNC3(CCCC3)C2)cc1. The number of hydrogen-bond donors (Lipinski definition) is 1. The molecule has 1 saturated carbocycles. The van der Waals surface area contributed by atoms with Gasteiger partial charge in [0.1, 0.15) is 12.4 Å². The van der Waals surface area contributed by atoms with E-state index in [0.29, 0.717) is 5.54 Å².